The standard InChI is InChI=1S/C24H36O5/c1-13(2)23(25)29-22-10-16-8-19(22)20(9-16)24(26)28-12-27-11-21-17-4-14-3-15(6-17)7-18(21)5-14/h13-22H,3-12H2,1-2H3. The highest BCUT2D eigenvalue weighted by molar-refractivity contribution is 5.74. The van der Waals surface area contributed by atoms with Gasteiger partial charge in [-0.25, -0.2) is 0 Å². The summed E-state index contributed by atoms with van der Waals surface area (Å²) in [6.07, 6.45) is 9.66. The van der Waals surface area contributed by atoms with E-state index in [1.54, 1.807) is 0 Å². The van der Waals surface area contributed by atoms with Crippen molar-refractivity contribution >= 4 is 11.9 Å². The van der Waals surface area contributed by atoms with Gasteiger partial charge in [-0.05, 0) is 86.9 Å². The van der Waals surface area contributed by atoms with E-state index in [1.807, 2.05) is 13.8 Å². The molecule has 0 aromatic rings. The maximum atomic E-state index is 12.7. The molecule has 0 N–H and O–H groups in total. The maximum absolute atomic E-state index is 12.7. The number of ether oxygens (including phenoxy) is 3. The lowest BCUT2D eigenvalue weighted by Gasteiger charge is -2.54. The van der Waals surface area contributed by atoms with Crippen LogP contribution in [0, 0.1) is 53.3 Å². The number of carbonyl (C=O) groups excluding carboxylic acids is 2. The number of hydrogen-bond donors (Lipinski definition) is 0. The second-order valence-corrected chi connectivity index (χ2v) is 11.0. The van der Waals surface area contributed by atoms with Gasteiger partial charge in [-0.3, -0.25) is 9.59 Å². The summed E-state index contributed by atoms with van der Waals surface area (Å²) in [4.78, 5) is 24.6. The topological polar surface area (TPSA) is 61.8 Å². The Morgan fingerprint density at radius 1 is 0.862 bits per heavy atom. The predicted molar refractivity (Wildman–Crippen MR) is 106 cm³/mol. The van der Waals surface area contributed by atoms with Crippen LogP contribution >= 0.6 is 0 Å². The van der Waals surface area contributed by atoms with Crippen LogP contribution < -0.4 is 0 Å². The molecule has 5 heteroatoms. The van der Waals surface area contributed by atoms with Crippen molar-refractivity contribution in [2.75, 3.05) is 13.4 Å². The third kappa shape index (κ3) is 3.84. The molecule has 6 rings (SSSR count). The monoisotopic (exact) mass is 404 g/mol. The van der Waals surface area contributed by atoms with Gasteiger partial charge in [-0.2, -0.15) is 0 Å². The molecule has 0 spiro atoms. The molecule has 0 amide bonds. The first-order valence-electron chi connectivity index (χ1n) is 11.9. The molecule has 29 heavy (non-hydrogen) atoms. The summed E-state index contributed by atoms with van der Waals surface area (Å²) in [6.45, 7) is 4.52. The number of carbonyl (C=O) groups is 2. The number of rotatable bonds is 7. The van der Waals surface area contributed by atoms with E-state index < -0.39 is 0 Å². The van der Waals surface area contributed by atoms with Gasteiger partial charge in [0.05, 0.1) is 18.4 Å². The number of fused-ring (bicyclic) bond motifs is 2. The summed E-state index contributed by atoms with van der Waals surface area (Å²) in [5.41, 5.74) is 0. The summed E-state index contributed by atoms with van der Waals surface area (Å²) < 4.78 is 17.1. The van der Waals surface area contributed by atoms with Gasteiger partial charge < -0.3 is 14.2 Å². The fourth-order valence-corrected chi connectivity index (χ4v) is 7.68. The summed E-state index contributed by atoms with van der Waals surface area (Å²) >= 11 is 0. The molecular weight excluding hydrogens is 368 g/mol. The van der Waals surface area contributed by atoms with Crippen LogP contribution in [0.5, 0.6) is 0 Å². The highest BCUT2D eigenvalue weighted by Gasteiger charge is 2.52. The first kappa shape index (κ1) is 19.8. The second kappa shape index (κ2) is 7.86. The van der Waals surface area contributed by atoms with Crippen LogP contribution in [0.4, 0.5) is 0 Å². The molecule has 4 atom stereocenters. The Labute approximate surface area is 174 Å². The van der Waals surface area contributed by atoms with Crippen LogP contribution in [0.3, 0.4) is 0 Å². The van der Waals surface area contributed by atoms with Crippen LogP contribution in [0.25, 0.3) is 0 Å². The van der Waals surface area contributed by atoms with E-state index >= 15 is 0 Å². The first-order chi connectivity index (χ1) is 14.0. The molecule has 6 aliphatic rings. The zero-order chi connectivity index (χ0) is 20.1. The molecule has 6 saturated carbocycles. The third-order valence-electron chi connectivity index (χ3n) is 8.81. The molecule has 6 aliphatic carbocycles. The van der Waals surface area contributed by atoms with E-state index in [0.29, 0.717) is 11.8 Å². The van der Waals surface area contributed by atoms with Gasteiger partial charge in [0.1, 0.15) is 6.10 Å². The van der Waals surface area contributed by atoms with Gasteiger partial charge >= 0.3 is 11.9 Å². The zero-order valence-corrected chi connectivity index (χ0v) is 17.9. The molecular formula is C24H36O5. The smallest absolute Gasteiger partial charge is 0.311 e. The summed E-state index contributed by atoms with van der Waals surface area (Å²) in [6, 6.07) is 0. The second-order valence-electron chi connectivity index (χ2n) is 11.0. The Hall–Kier alpha value is -1.10. The number of esters is 2. The lowest BCUT2D eigenvalue weighted by atomic mass is 9.52. The predicted octanol–water partition coefficient (Wildman–Crippen LogP) is 4.19. The summed E-state index contributed by atoms with van der Waals surface area (Å²) in [5.74, 6) is 4.32. The van der Waals surface area contributed by atoms with Crippen molar-refractivity contribution in [3.05, 3.63) is 0 Å². The van der Waals surface area contributed by atoms with E-state index in [9.17, 15) is 9.59 Å². The Kier molecular flexibility index (Phi) is 5.38. The zero-order valence-electron chi connectivity index (χ0n) is 17.9. The highest BCUT2D eigenvalue weighted by Crippen LogP contribution is 2.56. The molecule has 6 fully saturated rings. The average Bonchev–Trinajstić information content (AvgIpc) is 3.26. The molecule has 162 valence electrons. The SMILES string of the molecule is CC(C)C(=O)OC1CC2CC(C(=O)OCOCC3C4CC5CC(C4)CC3C5)C1C2. The Morgan fingerprint density at radius 3 is 2.14 bits per heavy atom. The van der Waals surface area contributed by atoms with Crippen LogP contribution in [0.2, 0.25) is 0 Å². The lowest BCUT2D eigenvalue weighted by molar-refractivity contribution is -0.173. The van der Waals surface area contributed by atoms with Gasteiger partial charge in [0, 0.05) is 5.92 Å². The quantitative estimate of drug-likeness (QED) is 0.362. The average molecular weight is 405 g/mol. The van der Waals surface area contributed by atoms with Crippen LogP contribution in [-0.2, 0) is 23.8 Å². The highest BCUT2D eigenvalue weighted by atomic mass is 16.7. The van der Waals surface area contributed by atoms with E-state index in [0.717, 1.165) is 49.5 Å². The number of hydrogen-bond acceptors (Lipinski definition) is 5. The first-order valence-corrected chi connectivity index (χ1v) is 11.9. The molecule has 5 nitrogen and oxygen atoms in total. The van der Waals surface area contributed by atoms with Crippen molar-refractivity contribution in [2.45, 2.75) is 71.3 Å². The van der Waals surface area contributed by atoms with E-state index in [2.05, 4.69) is 0 Å². The van der Waals surface area contributed by atoms with Gasteiger partial charge in [0.15, 0.2) is 6.79 Å². The molecule has 6 bridgehead atoms. The fraction of sp³-hybridized carbons (Fsp3) is 0.917. The van der Waals surface area contributed by atoms with Gasteiger partial charge in [-0.15, -0.1) is 0 Å². The molecule has 0 aliphatic heterocycles. The maximum Gasteiger partial charge on any atom is 0.311 e. The minimum absolute atomic E-state index is 0.0754. The van der Waals surface area contributed by atoms with Crippen molar-refractivity contribution in [1.82, 2.24) is 0 Å². The Balaban J connectivity index is 1.06. The van der Waals surface area contributed by atoms with Crippen molar-refractivity contribution < 1.29 is 23.8 Å². The molecule has 4 unspecified atom stereocenters. The van der Waals surface area contributed by atoms with Crippen LogP contribution in [0.1, 0.15) is 65.2 Å². The van der Waals surface area contributed by atoms with Crippen LogP contribution in [0.15, 0.2) is 0 Å². The van der Waals surface area contributed by atoms with Crippen LogP contribution in [-0.4, -0.2) is 31.4 Å². The van der Waals surface area contributed by atoms with Gasteiger partial charge in [-0.1, -0.05) is 13.8 Å². The molecule has 0 radical (unpaired) electrons. The van der Waals surface area contributed by atoms with Gasteiger partial charge in [0.25, 0.3) is 0 Å². The third-order valence-corrected chi connectivity index (χ3v) is 8.81. The van der Waals surface area contributed by atoms with E-state index in [4.69, 9.17) is 14.2 Å². The normalized spacial score (nSPS) is 44.4. The van der Waals surface area contributed by atoms with Crippen molar-refractivity contribution in [3.63, 3.8) is 0 Å². The van der Waals surface area contributed by atoms with Crippen molar-refractivity contribution in [2.24, 2.45) is 53.3 Å². The molecule has 0 aromatic heterocycles. The summed E-state index contributed by atoms with van der Waals surface area (Å²) in [5, 5.41) is 0. The van der Waals surface area contributed by atoms with Crippen molar-refractivity contribution in [3.8, 4) is 0 Å². The van der Waals surface area contributed by atoms with E-state index in [-0.39, 0.29) is 42.6 Å². The van der Waals surface area contributed by atoms with Crippen molar-refractivity contribution in [1.29, 1.82) is 0 Å². The van der Waals surface area contributed by atoms with E-state index in [1.165, 1.54) is 32.1 Å². The minimum atomic E-state index is -0.159. The Morgan fingerprint density at radius 2 is 1.52 bits per heavy atom. The Bertz CT molecular complexity index is 615. The fourth-order valence-electron chi connectivity index (χ4n) is 7.68. The lowest BCUT2D eigenvalue weighted by Crippen LogP contribution is -2.46. The molecule has 0 saturated heterocycles. The largest absolute Gasteiger partial charge is 0.462 e. The van der Waals surface area contributed by atoms with Gasteiger partial charge in [0.2, 0.25) is 0 Å². The minimum Gasteiger partial charge on any atom is -0.462 e. The molecule has 0 heterocycles. The molecule has 0 aromatic carbocycles. The summed E-state index contributed by atoms with van der Waals surface area (Å²) in [7, 11) is 0.